The molecular formula is C15H10F3N3O2. The lowest BCUT2D eigenvalue weighted by atomic mass is 10.2. The van der Waals surface area contributed by atoms with Gasteiger partial charge in [-0.05, 0) is 12.1 Å². The Morgan fingerprint density at radius 1 is 1.22 bits per heavy atom. The van der Waals surface area contributed by atoms with E-state index >= 15 is 0 Å². The molecule has 0 radical (unpaired) electrons. The van der Waals surface area contributed by atoms with Gasteiger partial charge in [0.15, 0.2) is 11.5 Å². The van der Waals surface area contributed by atoms with E-state index < -0.39 is 29.8 Å². The summed E-state index contributed by atoms with van der Waals surface area (Å²) in [6, 6.07) is 9.22. The number of para-hydroxylation sites is 1. The summed E-state index contributed by atoms with van der Waals surface area (Å²) in [5, 5.41) is 0.828. The first-order chi connectivity index (χ1) is 10.8. The van der Waals surface area contributed by atoms with Crippen molar-refractivity contribution in [2.24, 2.45) is 0 Å². The molecule has 0 unspecified atom stereocenters. The highest BCUT2D eigenvalue weighted by atomic mass is 19.4. The number of alkyl halides is 3. The van der Waals surface area contributed by atoms with Gasteiger partial charge in [-0.2, -0.15) is 13.2 Å². The van der Waals surface area contributed by atoms with Crippen LogP contribution in [0.1, 0.15) is 16.2 Å². The summed E-state index contributed by atoms with van der Waals surface area (Å²) in [5.74, 6) is -0.426. The first-order valence-electron chi connectivity index (χ1n) is 6.59. The third-order valence-corrected chi connectivity index (χ3v) is 3.31. The molecule has 2 aromatic heterocycles. The van der Waals surface area contributed by atoms with Gasteiger partial charge >= 0.3 is 6.18 Å². The highest BCUT2D eigenvalue weighted by Gasteiger charge is 2.33. The highest BCUT2D eigenvalue weighted by Crippen LogP contribution is 2.25. The maximum atomic E-state index is 12.5. The van der Waals surface area contributed by atoms with E-state index in [9.17, 15) is 22.8 Å². The predicted octanol–water partition coefficient (Wildman–Crippen LogP) is 2.63. The van der Waals surface area contributed by atoms with Crippen LogP contribution in [0.25, 0.3) is 10.9 Å². The summed E-state index contributed by atoms with van der Waals surface area (Å²) in [4.78, 5) is 29.9. The zero-order valence-electron chi connectivity index (χ0n) is 11.6. The van der Waals surface area contributed by atoms with Crippen molar-refractivity contribution < 1.29 is 18.0 Å². The molecule has 23 heavy (non-hydrogen) atoms. The Kier molecular flexibility index (Phi) is 3.51. The highest BCUT2D eigenvalue weighted by molar-refractivity contribution is 5.99. The molecule has 3 aromatic rings. The minimum absolute atomic E-state index is 0.276. The quantitative estimate of drug-likeness (QED) is 0.754. The second-order valence-electron chi connectivity index (χ2n) is 4.93. The largest absolute Gasteiger partial charge is 0.433 e. The lowest BCUT2D eigenvalue weighted by Crippen LogP contribution is -2.26. The number of carbonyl (C=O) groups is 1. The molecule has 0 amide bonds. The van der Waals surface area contributed by atoms with Crippen molar-refractivity contribution >= 4 is 16.7 Å². The Morgan fingerprint density at radius 3 is 2.61 bits per heavy atom. The summed E-state index contributed by atoms with van der Waals surface area (Å²) in [6.07, 6.45) is -3.97. The topological polar surface area (TPSA) is 67.8 Å². The molecule has 0 saturated heterocycles. The van der Waals surface area contributed by atoms with Gasteiger partial charge in [0, 0.05) is 17.0 Å². The first kappa shape index (κ1) is 15.0. The zero-order valence-corrected chi connectivity index (χ0v) is 11.6. The fraction of sp³-hybridized carbons (Fsp3) is 0.133. The van der Waals surface area contributed by atoms with Crippen LogP contribution in [0, 0.1) is 0 Å². The number of hydrogen-bond donors (Lipinski definition) is 1. The van der Waals surface area contributed by atoms with Crippen LogP contribution in [-0.2, 0) is 12.7 Å². The molecule has 8 heteroatoms. The van der Waals surface area contributed by atoms with Crippen molar-refractivity contribution in [1.82, 2.24) is 14.5 Å². The van der Waals surface area contributed by atoms with E-state index in [1.807, 2.05) is 12.1 Å². The number of nitrogens with one attached hydrogen (secondary N) is 1. The second-order valence-corrected chi connectivity index (χ2v) is 4.93. The number of ketones is 1. The summed E-state index contributed by atoms with van der Waals surface area (Å²) >= 11 is 0. The van der Waals surface area contributed by atoms with E-state index in [1.165, 1.54) is 0 Å². The fourth-order valence-corrected chi connectivity index (χ4v) is 2.16. The van der Waals surface area contributed by atoms with Crippen LogP contribution in [0.15, 0.2) is 47.5 Å². The van der Waals surface area contributed by atoms with Crippen LogP contribution in [0.4, 0.5) is 13.2 Å². The standard InChI is InChI=1S/C15H10F3N3O2/c16-15(17,18)13-6-14(23)21(8-19-13)7-12(22)11-5-9-3-1-2-4-10(9)20-11/h1-6,8,20H,7H2. The van der Waals surface area contributed by atoms with E-state index in [0.29, 0.717) is 6.07 Å². The molecule has 0 spiro atoms. The average molecular weight is 321 g/mol. The normalized spacial score (nSPS) is 11.8. The van der Waals surface area contributed by atoms with Gasteiger partial charge in [-0.3, -0.25) is 14.2 Å². The molecular weight excluding hydrogens is 311 g/mol. The number of nitrogens with zero attached hydrogens (tertiary/aromatic N) is 2. The summed E-state index contributed by atoms with van der Waals surface area (Å²) in [5.41, 5.74) is -1.18. The molecule has 1 aromatic carbocycles. The Morgan fingerprint density at radius 2 is 1.96 bits per heavy atom. The van der Waals surface area contributed by atoms with E-state index in [-0.39, 0.29) is 5.69 Å². The number of carbonyl (C=O) groups excluding carboxylic acids is 1. The average Bonchev–Trinajstić information content (AvgIpc) is 2.92. The first-order valence-corrected chi connectivity index (χ1v) is 6.59. The van der Waals surface area contributed by atoms with Gasteiger partial charge in [-0.1, -0.05) is 18.2 Å². The van der Waals surface area contributed by atoms with Crippen molar-refractivity contribution in [2.45, 2.75) is 12.7 Å². The molecule has 1 N–H and O–H groups in total. The van der Waals surface area contributed by atoms with Gasteiger partial charge in [0.05, 0.1) is 18.6 Å². The van der Waals surface area contributed by atoms with Crippen molar-refractivity contribution in [3.8, 4) is 0 Å². The van der Waals surface area contributed by atoms with Gasteiger partial charge in [0.1, 0.15) is 0 Å². The number of hydrogen-bond acceptors (Lipinski definition) is 3. The van der Waals surface area contributed by atoms with E-state index in [4.69, 9.17) is 0 Å². The van der Waals surface area contributed by atoms with Gasteiger partial charge in [0.2, 0.25) is 0 Å². The molecule has 0 saturated carbocycles. The Balaban J connectivity index is 1.86. The number of aromatic nitrogens is 3. The number of benzene rings is 1. The summed E-state index contributed by atoms with van der Waals surface area (Å²) in [6.45, 7) is -0.392. The van der Waals surface area contributed by atoms with E-state index in [0.717, 1.165) is 21.8 Å². The molecule has 3 rings (SSSR count). The molecule has 5 nitrogen and oxygen atoms in total. The van der Waals surface area contributed by atoms with Crippen molar-refractivity contribution in [2.75, 3.05) is 0 Å². The summed E-state index contributed by atoms with van der Waals surface area (Å²) < 4.78 is 38.2. The van der Waals surface area contributed by atoms with Crippen LogP contribution in [0.5, 0.6) is 0 Å². The lowest BCUT2D eigenvalue weighted by Gasteiger charge is -2.07. The molecule has 118 valence electrons. The Labute approximate surface area is 127 Å². The molecule has 0 fully saturated rings. The van der Waals surface area contributed by atoms with Crippen LogP contribution >= 0.6 is 0 Å². The number of Topliss-reactive ketones (excluding diaryl/α,β-unsaturated/α-hetero) is 1. The minimum Gasteiger partial charge on any atom is -0.352 e. The van der Waals surface area contributed by atoms with Crippen LogP contribution in [-0.4, -0.2) is 20.3 Å². The van der Waals surface area contributed by atoms with Crippen molar-refractivity contribution in [3.05, 3.63) is 64.5 Å². The molecule has 2 heterocycles. The monoisotopic (exact) mass is 321 g/mol. The maximum absolute atomic E-state index is 12.5. The van der Waals surface area contributed by atoms with Crippen LogP contribution in [0.3, 0.4) is 0 Å². The van der Waals surface area contributed by atoms with Gasteiger partial charge in [0.25, 0.3) is 5.56 Å². The number of halogens is 3. The lowest BCUT2D eigenvalue weighted by molar-refractivity contribution is -0.141. The third-order valence-electron chi connectivity index (χ3n) is 3.31. The van der Waals surface area contributed by atoms with Gasteiger partial charge < -0.3 is 4.98 Å². The zero-order chi connectivity index (χ0) is 16.6. The predicted molar refractivity (Wildman–Crippen MR) is 76.1 cm³/mol. The van der Waals surface area contributed by atoms with Gasteiger partial charge in [-0.15, -0.1) is 0 Å². The van der Waals surface area contributed by atoms with Crippen molar-refractivity contribution in [3.63, 3.8) is 0 Å². The Hall–Kier alpha value is -2.90. The number of H-pyrrole nitrogens is 1. The van der Waals surface area contributed by atoms with Crippen molar-refractivity contribution in [1.29, 1.82) is 0 Å². The van der Waals surface area contributed by atoms with Gasteiger partial charge in [-0.25, -0.2) is 4.98 Å². The fourth-order valence-electron chi connectivity index (χ4n) is 2.16. The molecule has 0 aliphatic carbocycles. The maximum Gasteiger partial charge on any atom is 0.433 e. The smallest absolute Gasteiger partial charge is 0.352 e. The van der Waals surface area contributed by atoms with E-state index in [2.05, 4.69) is 9.97 Å². The molecule has 0 aliphatic heterocycles. The number of rotatable bonds is 3. The molecule has 0 atom stereocenters. The third kappa shape index (κ3) is 3.01. The number of fused-ring (bicyclic) bond motifs is 1. The van der Waals surface area contributed by atoms with Crippen LogP contribution < -0.4 is 5.56 Å². The number of aromatic amines is 1. The second kappa shape index (κ2) is 5.38. The summed E-state index contributed by atoms with van der Waals surface area (Å²) in [7, 11) is 0. The molecule has 0 bridgehead atoms. The van der Waals surface area contributed by atoms with Crippen LogP contribution in [0.2, 0.25) is 0 Å². The molecule has 0 aliphatic rings. The van der Waals surface area contributed by atoms with E-state index in [1.54, 1.807) is 18.2 Å². The minimum atomic E-state index is -4.70. The SMILES string of the molecule is O=C(Cn1cnc(C(F)(F)F)cc1=O)c1cc2ccccc2[nH]1. The Bertz CT molecular complexity index is 908.